The fraction of sp³-hybridized carbons (Fsp3) is 0.267. The van der Waals surface area contributed by atoms with Crippen LogP contribution in [0.2, 0.25) is 0 Å². The van der Waals surface area contributed by atoms with Gasteiger partial charge in [-0.25, -0.2) is 13.2 Å². The molecule has 0 bridgehead atoms. The van der Waals surface area contributed by atoms with Crippen molar-refractivity contribution in [1.29, 1.82) is 0 Å². The van der Waals surface area contributed by atoms with Gasteiger partial charge >= 0.3 is 5.97 Å². The van der Waals surface area contributed by atoms with E-state index >= 15 is 0 Å². The summed E-state index contributed by atoms with van der Waals surface area (Å²) >= 11 is 0. The number of carboxylic acid groups (broad SMARTS) is 1. The predicted molar refractivity (Wildman–Crippen MR) is 77.9 cm³/mol. The van der Waals surface area contributed by atoms with Crippen molar-refractivity contribution in [1.82, 2.24) is 0 Å². The van der Waals surface area contributed by atoms with E-state index in [1.165, 1.54) is 6.07 Å². The zero-order valence-corrected chi connectivity index (χ0v) is 12.6. The summed E-state index contributed by atoms with van der Waals surface area (Å²) in [6.07, 6.45) is 1.05. The fourth-order valence-corrected chi connectivity index (χ4v) is 3.60. The van der Waals surface area contributed by atoms with E-state index in [0.717, 1.165) is 23.0 Å². The highest BCUT2D eigenvalue weighted by Gasteiger charge is 2.17. The number of aromatic carboxylic acids is 1. The normalized spacial score (nSPS) is 11.5. The van der Waals surface area contributed by atoms with Crippen LogP contribution in [0.1, 0.15) is 32.8 Å². The monoisotopic (exact) mass is 308 g/mol. The number of furan rings is 1. The maximum Gasteiger partial charge on any atom is 0.338 e. The first-order valence-electron chi connectivity index (χ1n) is 6.33. The molecule has 0 spiro atoms. The van der Waals surface area contributed by atoms with Crippen molar-refractivity contribution < 1.29 is 22.7 Å². The summed E-state index contributed by atoms with van der Waals surface area (Å²) in [5.74, 6) is -1.42. The topological polar surface area (TPSA) is 84.6 Å². The van der Waals surface area contributed by atoms with Gasteiger partial charge in [-0.1, -0.05) is 29.3 Å². The van der Waals surface area contributed by atoms with Crippen molar-refractivity contribution in [3.05, 3.63) is 58.5 Å². The molecule has 6 heteroatoms. The van der Waals surface area contributed by atoms with E-state index in [2.05, 4.69) is 0 Å². The van der Waals surface area contributed by atoms with Crippen LogP contribution in [0.3, 0.4) is 0 Å². The van der Waals surface area contributed by atoms with Crippen LogP contribution < -0.4 is 0 Å². The number of carboxylic acids is 1. The Balaban J connectivity index is 2.16. The molecule has 0 aliphatic rings. The molecule has 2 aromatic rings. The molecule has 1 N–H and O–H groups in total. The van der Waals surface area contributed by atoms with Crippen LogP contribution >= 0.6 is 0 Å². The highest BCUT2D eigenvalue weighted by atomic mass is 32.2. The SMILES string of the molecule is Cc1cc(C)cc(CS(=O)(=O)Cc2cc(C(=O)O)co2)c1. The first-order valence-corrected chi connectivity index (χ1v) is 8.15. The molecule has 0 aliphatic heterocycles. The highest BCUT2D eigenvalue weighted by Crippen LogP contribution is 2.17. The second-order valence-corrected chi connectivity index (χ2v) is 7.20. The molecule has 1 aromatic carbocycles. The largest absolute Gasteiger partial charge is 0.478 e. The van der Waals surface area contributed by atoms with Gasteiger partial charge in [0.2, 0.25) is 0 Å². The third-order valence-electron chi connectivity index (χ3n) is 2.93. The molecular formula is C15H16O5S. The minimum atomic E-state index is -3.42. The van der Waals surface area contributed by atoms with Gasteiger partial charge in [-0.3, -0.25) is 0 Å². The Hall–Kier alpha value is -2.08. The van der Waals surface area contributed by atoms with Gasteiger partial charge in [-0.15, -0.1) is 0 Å². The molecule has 112 valence electrons. The molecule has 0 atom stereocenters. The van der Waals surface area contributed by atoms with E-state index in [9.17, 15) is 13.2 Å². The number of sulfone groups is 1. The lowest BCUT2D eigenvalue weighted by Gasteiger charge is -2.05. The molecule has 5 nitrogen and oxygen atoms in total. The van der Waals surface area contributed by atoms with Gasteiger partial charge in [0.15, 0.2) is 9.84 Å². The molecular weight excluding hydrogens is 292 g/mol. The lowest BCUT2D eigenvalue weighted by atomic mass is 10.1. The maximum atomic E-state index is 12.2. The molecule has 1 aromatic heterocycles. The van der Waals surface area contributed by atoms with Crippen molar-refractivity contribution in [2.45, 2.75) is 25.4 Å². The molecule has 0 saturated carbocycles. The van der Waals surface area contributed by atoms with E-state index in [-0.39, 0.29) is 22.8 Å². The van der Waals surface area contributed by atoms with Gasteiger partial charge in [0.25, 0.3) is 0 Å². The smallest absolute Gasteiger partial charge is 0.338 e. The van der Waals surface area contributed by atoms with Crippen LogP contribution in [-0.2, 0) is 21.3 Å². The van der Waals surface area contributed by atoms with E-state index < -0.39 is 15.8 Å². The lowest BCUT2D eigenvalue weighted by Crippen LogP contribution is -2.07. The molecule has 0 unspecified atom stereocenters. The quantitative estimate of drug-likeness (QED) is 0.918. The Morgan fingerprint density at radius 2 is 1.71 bits per heavy atom. The zero-order valence-electron chi connectivity index (χ0n) is 11.8. The Kier molecular flexibility index (Phi) is 4.18. The van der Waals surface area contributed by atoms with Crippen molar-refractivity contribution >= 4 is 15.8 Å². The minimum absolute atomic E-state index is 0.0494. The van der Waals surface area contributed by atoms with Crippen LogP contribution in [0.25, 0.3) is 0 Å². The van der Waals surface area contributed by atoms with Gasteiger partial charge < -0.3 is 9.52 Å². The Morgan fingerprint density at radius 3 is 2.24 bits per heavy atom. The van der Waals surface area contributed by atoms with Gasteiger partial charge in [-0.2, -0.15) is 0 Å². The Bertz CT molecular complexity index is 751. The summed E-state index contributed by atoms with van der Waals surface area (Å²) in [6.45, 7) is 3.82. The number of aryl methyl sites for hydroxylation is 2. The first kappa shape index (κ1) is 15.3. The highest BCUT2D eigenvalue weighted by molar-refractivity contribution is 7.89. The van der Waals surface area contributed by atoms with Crippen molar-refractivity contribution in [3.63, 3.8) is 0 Å². The van der Waals surface area contributed by atoms with Gasteiger partial charge in [0.05, 0.1) is 11.3 Å². The van der Waals surface area contributed by atoms with Crippen LogP contribution in [0.4, 0.5) is 0 Å². The first-order chi connectivity index (χ1) is 9.75. The molecule has 0 radical (unpaired) electrons. The number of benzene rings is 1. The molecule has 0 aliphatic carbocycles. The summed E-state index contributed by atoms with van der Waals surface area (Å²) in [5, 5.41) is 8.78. The minimum Gasteiger partial charge on any atom is -0.478 e. The third-order valence-corrected chi connectivity index (χ3v) is 4.43. The van der Waals surface area contributed by atoms with Gasteiger partial charge in [0, 0.05) is 0 Å². The summed E-state index contributed by atoms with van der Waals surface area (Å²) in [5.41, 5.74) is 2.68. The average molecular weight is 308 g/mol. The molecule has 0 amide bonds. The van der Waals surface area contributed by atoms with Crippen molar-refractivity contribution in [2.75, 3.05) is 0 Å². The average Bonchev–Trinajstić information content (AvgIpc) is 2.74. The number of hydrogen-bond donors (Lipinski definition) is 1. The fourth-order valence-electron chi connectivity index (χ4n) is 2.24. The van der Waals surface area contributed by atoms with E-state index in [4.69, 9.17) is 9.52 Å². The third kappa shape index (κ3) is 4.19. The Labute approximate surface area is 123 Å². The summed E-state index contributed by atoms with van der Waals surface area (Å²) < 4.78 is 29.3. The van der Waals surface area contributed by atoms with E-state index in [0.29, 0.717) is 0 Å². The molecule has 0 saturated heterocycles. The van der Waals surface area contributed by atoms with Crippen LogP contribution in [0, 0.1) is 13.8 Å². The van der Waals surface area contributed by atoms with Crippen molar-refractivity contribution in [2.24, 2.45) is 0 Å². The number of hydrogen-bond acceptors (Lipinski definition) is 4. The summed E-state index contributed by atoms with van der Waals surface area (Å²) in [6, 6.07) is 6.87. The van der Waals surface area contributed by atoms with Crippen molar-refractivity contribution in [3.8, 4) is 0 Å². The lowest BCUT2D eigenvalue weighted by molar-refractivity contribution is 0.0696. The second kappa shape index (κ2) is 5.73. The molecule has 21 heavy (non-hydrogen) atoms. The van der Waals surface area contributed by atoms with E-state index in [1.54, 1.807) is 0 Å². The molecule has 1 heterocycles. The summed E-state index contributed by atoms with van der Waals surface area (Å²) in [4.78, 5) is 10.7. The van der Waals surface area contributed by atoms with E-state index in [1.807, 2.05) is 32.0 Å². The molecule has 2 rings (SSSR count). The van der Waals surface area contributed by atoms with Crippen LogP contribution in [0.5, 0.6) is 0 Å². The number of rotatable bonds is 5. The van der Waals surface area contributed by atoms with Crippen LogP contribution in [0.15, 0.2) is 34.9 Å². The number of carbonyl (C=O) groups is 1. The second-order valence-electron chi connectivity index (χ2n) is 5.14. The summed E-state index contributed by atoms with van der Waals surface area (Å²) in [7, 11) is -3.42. The standard InChI is InChI=1S/C15H16O5S/c1-10-3-11(2)5-12(4-10)8-21(18,19)9-14-6-13(7-20-14)15(16)17/h3-7H,8-9H2,1-2H3,(H,16,17). The van der Waals surface area contributed by atoms with Gasteiger partial charge in [-0.05, 0) is 25.5 Å². The molecule has 0 fully saturated rings. The Morgan fingerprint density at radius 1 is 1.10 bits per heavy atom. The van der Waals surface area contributed by atoms with Gasteiger partial charge in [0.1, 0.15) is 17.8 Å². The zero-order chi connectivity index (χ0) is 15.6. The predicted octanol–water partition coefficient (Wildman–Crippen LogP) is 2.71. The maximum absolute atomic E-state index is 12.2. The van der Waals surface area contributed by atoms with Crippen LogP contribution in [-0.4, -0.2) is 19.5 Å².